The number of methoxy groups -OCH3 is 1. The number of aryl methyl sites for hydroxylation is 1. The monoisotopic (exact) mass is 528 g/mol. The molecule has 0 aliphatic rings. The molecule has 0 aliphatic heterocycles. The molecule has 9 heteroatoms. The van der Waals surface area contributed by atoms with Crippen molar-refractivity contribution in [3.8, 4) is 22.7 Å². The van der Waals surface area contributed by atoms with Gasteiger partial charge in [0.1, 0.15) is 5.75 Å². The maximum absolute atomic E-state index is 13.4. The molecule has 0 spiro atoms. The van der Waals surface area contributed by atoms with Gasteiger partial charge in [0.25, 0.3) is 5.56 Å². The van der Waals surface area contributed by atoms with Gasteiger partial charge in [-0.15, -0.1) is 11.3 Å². The Morgan fingerprint density at radius 3 is 2.51 bits per heavy atom. The van der Waals surface area contributed by atoms with Gasteiger partial charge in [-0.1, -0.05) is 43.0 Å². The molecular weight excluding hydrogens is 504 g/mol. The van der Waals surface area contributed by atoms with E-state index in [1.807, 2.05) is 72.1 Å². The van der Waals surface area contributed by atoms with E-state index in [0.717, 1.165) is 23.4 Å². The van der Waals surface area contributed by atoms with Gasteiger partial charge >= 0.3 is 0 Å². The first-order valence-electron chi connectivity index (χ1n) is 11.7. The molecule has 0 saturated heterocycles. The number of anilines is 1. The van der Waals surface area contributed by atoms with Crippen LogP contribution in [0.1, 0.15) is 12.5 Å². The van der Waals surface area contributed by atoms with Crippen LogP contribution in [0.5, 0.6) is 5.75 Å². The van der Waals surface area contributed by atoms with Gasteiger partial charge in [-0.3, -0.25) is 14.2 Å². The van der Waals surface area contributed by atoms with E-state index in [9.17, 15) is 9.59 Å². The summed E-state index contributed by atoms with van der Waals surface area (Å²) in [6, 6.07) is 22.7. The Balaban J connectivity index is 1.36. The summed E-state index contributed by atoms with van der Waals surface area (Å²) in [6.07, 6.45) is 0.907. The Morgan fingerprint density at radius 2 is 1.78 bits per heavy atom. The quantitative estimate of drug-likeness (QED) is 0.202. The van der Waals surface area contributed by atoms with Crippen LogP contribution in [0.15, 0.2) is 88.1 Å². The second-order valence-electron chi connectivity index (χ2n) is 8.18. The Bertz CT molecular complexity index is 1610. The summed E-state index contributed by atoms with van der Waals surface area (Å²) in [5.74, 6) is 0.623. The van der Waals surface area contributed by atoms with Crippen LogP contribution in [0.4, 0.5) is 5.13 Å². The molecule has 0 unspecified atom stereocenters. The third-order valence-corrected chi connectivity index (χ3v) is 7.51. The van der Waals surface area contributed by atoms with Gasteiger partial charge in [0, 0.05) is 10.9 Å². The number of thioether (sulfide) groups is 1. The van der Waals surface area contributed by atoms with E-state index in [2.05, 4.69) is 17.2 Å². The molecule has 0 saturated carbocycles. The molecule has 7 nitrogen and oxygen atoms in total. The summed E-state index contributed by atoms with van der Waals surface area (Å²) >= 11 is 2.58. The highest BCUT2D eigenvalue weighted by Gasteiger charge is 2.16. The zero-order valence-corrected chi connectivity index (χ0v) is 21.9. The minimum Gasteiger partial charge on any atom is -0.497 e. The molecule has 0 aliphatic carbocycles. The maximum atomic E-state index is 13.4. The summed E-state index contributed by atoms with van der Waals surface area (Å²) in [5.41, 5.74) is 4.04. The van der Waals surface area contributed by atoms with Crippen molar-refractivity contribution in [2.75, 3.05) is 18.2 Å². The lowest BCUT2D eigenvalue weighted by Crippen LogP contribution is -2.23. The van der Waals surface area contributed by atoms with Gasteiger partial charge in [-0.05, 0) is 60.5 Å². The number of thiazole rings is 1. The largest absolute Gasteiger partial charge is 0.497 e. The molecule has 0 atom stereocenters. The highest BCUT2D eigenvalue weighted by molar-refractivity contribution is 7.99. The zero-order valence-electron chi connectivity index (χ0n) is 20.3. The number of fused-ring (bicyclic) bond motifs is 1. The summed E-state index contributed by atoms with van der Waals surface area (Å²) in [6.45, 7) is 2.08. The SMILES string of the molecule is CCc1ccc(-n2c(SCC(=O)Nc3nc(-c4ccc(OC)cc4)cs3)nc3ccccc3c2=O)cc1. The fourth-order valence-corrected chi connectivity index (χ4v) is 5.38. The van der Waals surface area contributed by atoms with Crippen molar-refractivity contribution in [1.29, 1.82) is 0 Å². The third kappa shape index (κ3) is 5.42. The van der Waals surface area contributed by atoms with Gasteiger partial charge in [0.2, 0.25) is 5.91 Å². The van der Waals surface area contributed by atoms with Gasteiger partial charge in [0.15, 0.2) is 10.3 Å². The van der Waals surface area contributed by atoms with Crippen LogP contribution >= 0.6 is 23.1 Å². The van der Waals surface area contributed by atoms with Crippen molar-refractivity contribution in [1.82, 2.24) is 14.5 Å². The Hall–Kier alpha value is -3.95. The fourth-order valence-electron chi connectivity index (χ4n) is 3.83. The van der Waals surface area contributed by atoms with Crippen molar-refractivity contribution in [3.05, 3.63) is 94.1 Å². The number of benzene rings is 3. The summed E-state index contributed by atoms with van der Waals surface area (Å²) in [7, 11) is 1.62. The van der Waals surface area contributed by atoms with Gasteiger partial charge in [0.05, 0.1) is 35.1 Å². The molecule has 1 N–H and O–H groups in total. The number of hydrogen-bond donors (Lipinski definition) is 1. The molecule has 0 radical (unpaired) electrons. The molecule has 5 rings (SSSR count). The number of para-hydroxylation sites is 1. The van der Waals surface area contributed by atoms with Gasteiger partial charge < -0.3 is 10.1 Å². The molecule has 186 valence electrons. The summed E-state index contributed by atoms with van der Waals surface area (Å²) < 4.78 is 6.77. The molecule has 0 fully saturated rings. The molecule has 1 amide bonds. The lowest BCUT2D eigenvalue weighted by molar-refractivity contribution is -0.113. The zero-order chi connectivity index (χ0) is 25.8. The molecular formula is C28H24N4O3S2. The van der Waals surface area contributed by atoms with E-state index in [0.29, 0.717) is 26.9 Å². The van der Waals surface area contributed by atoms with Crippen LogP contribution in [0.3, 0.4) is 0 Å². The maximum Gasteiger partial charge on any atom is 0.266 e. The van der Waals surface area contributed by atoms with E-state index >= 15 is 0 Å². The second-order valence-corrected chi connectivity index (χ2v) is 9.98. The number of ether oxygens (including phenoxy) is 1. The van der Waals surface area contributed by atoms with Crippen molar-refractivity contribution in [2.24, 2.45) is 0 Å². The molecule has 2 aromatic heterocycles. The molecule has 2 heterocycles. The molecule has 3 aromatic carbocycles. The van der Waals surface area contributed by atoms with Crippen LogP contribution in [-0.4, -0.2) is 33.3 Å². The smallest absolute Gasteiger partial charge is 0.266 e. The first-order chi connectivity index (χ1) is 18.1. The van der Waals surface area contributed by atoms with E-state index < -0.39 is 0 Å². The number of hydrogen-bond acceptors (Lipinski definition) is 7. The summed E-state index contributed by atoms with van der Waals surface area (Å²) in [5, 5.41) is 6.26. The van der Waals surface area contributed by atoms with Crippen molar-refractivity contribution in [3.63, 3.8) is 0 Å². The number of nitrogens with one attached hydrogen (secondary N) is 1. The number of rotatable bonds is 8. The highest BCUT2D eigenvalue weighted by Crippen LogP contribution is 2.27. The highest BCUT2D eigenvalue weighted by atomic mass is 32.2. The standard InChI is InChI=1S/C28H24N4O3S2/c1-3-18-8-12-20(13-9-18)32-26(34)22-6-4-5-7-23(22)30-28(32)37-17-25(33)31-27-29-24(16-36-27)19-10-14-21(35-2)15-11-19/h4-16H,3,17H2,1-2H3,(H,29,31,33). The van der Waals surface area contributed by atoms with Gasteiger partial charge in [-0.2, -0.15) is 0 Å². The fraction of sp³-hybridized carbons (Fsp3) is 0.143. The van der Waals surface area contributed by atoms with Crippen LogP contribution < -0.4 is 15.6 Å². The first-order valence-corrected chi connectivity index (χ1v) is 13.6. The third-order valence-electron chi connectivity index (χ3n) is 5.82. The Morgan fingerprint density at radius 1 is 1.03 bits per heavy atom. The van der Waals surface area contributed by atoms with Crippen LogP contribution in [0.2, 0.25) is 0 Å². The first kappa shape index (κ1) is 24.7. The van der Waals surface area contributed by atoms with E-state index in [4.69, 9.17) is 9.72 Å². The van der Waals surface area contributed by atoms with E-state index in [1.54, 1.807) is 17.7 Å². The lowest BCUT2D eigenvalue weighted by atomic mass is 10.1. The molecule has 37 heavy (non-hydrogen) atoms. The lowest BCUT2D eigenvalue weighted by Gasteiger charge is -2.13. The number of carbonyl (C=O) groups excluding carboxylic acids is 1. The van der Waals surface area contributed by atoms with E-state index in [-0.39, 0.29) is 17.2 Å². The van der Waals surface area contributed by atoms with Crippen LogP contribution in [-0.2, 0) is 11.2 Å². The minimum absolute atomic E-state index is 0.0786. The number of aromatic nitrogens is 3. The molecule has 5 aromatic rings. The summed E-state index contributed by atoms with van der Waals surface area (Å²) in [4.78, 5) is 35.5. The van der Waals surface area contributed by atoms with Crippen molar-refractivity contribution in [2.45, 2.75) is 18.5 Å². The normalized spacial score (nSPS) is 11.0. The Kier molecular flexibility index (Phi) is 7.34. The van der Waals surface area contributed by atoms with Gasteiger partial charge in [-0.25, -0.2) is 9.97 Å². The van der Waals surface area contributed by atoms with Crippen molar-refractivity contribution < 1.29 is 9.53 Å². The number of nitrogens with zero attached hydrogens (tertiary/aromatic N) is 3. The van der Waals surface area contributed by atoms with E-state index in [1.165, 1.54) is 28.7 Å². The second kappa shape index (κ2) is 11.0. The van der Waals surface area contributed by atoms with Crippen LogP contribution in [0, 0.1) is 0 Å². The predicted molar refractivity (Wildman–Crippen MR) is 150 cm³/mol. The number of amides is 1. The number of carbonyl (C=O) groups is 1. The van der Waals surface area contributed by atoms with Crippen LogP contribution in [0.25, 0.3) is 27.8 Å². The minimum atomic E-state index is -0.226. The molecule has 0 bridgehead atoms. The topological polar surface area (TPSA) is 86.1 Å². The average molecular weight is 529 g/mol. The van der Waals surface area contributed by atoms with Crippen molar-refractivity contribution >= 4 is 45.0 Å². The Labute approximate surface area is 222 Å². The average Bonchev–Trinajstić information content (AvgIpc) is 3.40. The predicted octanol–water partition coefficient (Wildman–Crippen LogP) is 5.81.